The summed E-state index contributed by atoms with van der Waals surface area (Å²) < 4.78 is 5.52. The van der Waals surface area contributed by atoms with Crippen molar-refractivity contribution in [2.75, 3.05) is 40.0 Å². The van der Waals surface area contributed by atoms with Crippen LogP contribution in [0.15, 0.2) is 0 Å². The number of hydrogen-bond donors (Lipinski definition) is 2. The van der Waals surface area contributed by atoms with E-state index in [1.807, 2.05) is 0 Å². The molecule has 2 aliphatic rings. The molecule has 106 valence electrons. The average molecular weight is 256 g/mol. The Balaban J connectivity index is 1.74. The minimum absolute atomic E-state index is 0.161. The lowest BCUT2D eigenvalue weighted by Crippen LogP contribution is -2.54. The van der Waals surface area contributed by atoms with Gasteiger partial charge in [-0.25, -0.2) is 0 Å². The summed E-state index contributed by atoms with van der Waals surface area (Å²) in [4.78, 5) is 2.34. The number of aliphatic hydroxyl groups excluding tert-OH is 1. The lowest BCUT2D eigenvalue weighted by Gasteiger charge is -2.35. The van der Waals surface area contributed by atoms with E-state index in [-0.39, 0.29) is 12.1 Å². The number of nitrogens with zero attached hydrogens (tertiary/aromatic N) is 1. The van der Waals surface area contributed by atoms with Gasteiger partial charge in [0.15, 0.2) is 0 Å². The number of likely N-dealkylation sites (N-methyl/N-ethyl adjacent to an activating group) is 1. The third-order valence-electron chi connectivity index (χ3n) is 3.92. The molecule has 2 rings (SSSR count). The molecular weight excluding hydrogens is 228 g/mol. The molecule has 1 heterocycles. The highest BCUT2D eigenvalue weighted by atomic mass is 16.5. The van der Waals surface area contributed by atoms with Gasteiger partial charge in [-0.1, -0.05) is 0 Å². The number of ether oxygens (including phenoxy) is 1. The summed E-state index contributed by atoms with van der Waals surface area (Å²) >= 11 is 0. The van der Waals surface area contributed by atoms with E-state index in [2.05, 4.69) is 24.2 Å². The molecular formula is C14H28N2O2. The van der Waals surface area contributed by atoms with Gasteiger partial charge < -0.3 is 20.1 Å². The number of aliphatic hydroxyl groups is 1. The molecule has 4 heteroatoms. The maximum absolute atomic E-state index is 9.60. The average Bonchev–Trinajstić information content (AvgIpc) is 3.13. The van der Waals surface area contributed by atoms with Gasteiger partial charge in [-0.2, -0.15) is 0 Å². The van der Waals surface area contributed by atoms with Crippen molar-refractivity contribution < 1.29 is 9.84 Å². The number of rotatable bonds is 7. The Hall–Kier alpha value is -0.160. The molecule has 0 aromatic rings. The van der Waals surface area contributed by atoms with E-state index in [1.54, 1.807) is 0 Å². The molecule has 0 bridgehead atoms. The van der Waals surface area contributed by atoms with Crippen molar-refractivity contribution in [3.63, 3.8) is 0 Å². The van der Waals surface area contributed by atoms with Crippen molar-refractivity contribution in [2.24, 2.45) is 5.92 Å². The topological polar surface area (TPSA) is 44.7 Å². The summed E-state index contributed by atoms with van der Waals surface area (Å²) in [6, 6.07) is 0.633. The van der Waals surface area contributed by atoms with Gasteiger partial charge in [-0.05, 0) is 45.6 Å². The Morgan fingerprint density at radius 3 is 2.72 bits per heavy atom. The molecule has 0 radical (unpaired) electrons. The van der Waals surface area contributed by atoms with Gasteiger partial charge in [0.1, 0.15) is 0 Å². The van der Waals surface area contributed by atoms with Crippen LogP contribution >= 0.6 is 0 Å². The maximum Gasteiger partial charge on any atom is 0.0623 e. The van der Waals surface area contributed by atoms with Crippen LogP contribution in [0.4, 0.5) is 0 Å². The summed E-state index contributed by atoms with van der Waals surface area (Å²) in [6.07, 6.45) is 4.98. The van der Waals surface area contributed by atoms with E-state index in [1.165, 1.54) is 25.7 Å². The first-order valence-electron chi connectivity index (χ1n) is 7.26. The molecule has 0 aromatic carbocycles. The summed E-state index contributed by atoms with van der Waals surface area (Å²) in [7, 11) is 2.15. The van der Waals surface area contributed by atoms with Crippen molar-refractivity contribution in [1.82, 2.24) is 10.2 Å². The van der Waals surface area contributed by atoms with Gasteiger partial charge in [-0.15, -0.1) is 0 Å². The molecule has 0 amide bonds. The van der Waals surface area contributed by atoms with Crippen molar-refractivity contribution in [3.8, 4) is 0 Å². The molecule has 1 saturated heterocycles. The molecule has 0 aromatic heterocycles. The number of hydrogen-bond acceptors (Lipinski definition) is 4. The van der Waals surface area contributed by atoms with E-state index < -0.39 is 0 Å². The predicted molar refractivity (Wildman–Crippen MR) is 72.7 cm³/mol. The maximum atomic E-state index is 9.60. The van der Waals surface area contributed by atoms with Crippen LogP contribution < -0.4 is 5.32 Å². The number of nitrogens with one attached hydrogen (secondary N) is 1. The molecule has 18 heavy (non-hydrogen) atoms. The van der Waals surface area contributed by atoms with E-state index in [0.717, 1.165) is 26.3 Å². The fourth-order valence-corrected chi connectivity index (χ4v) is 2.91. The molecule has 1 aliphatic carbocycles. The van der Waals surface area contributed by atoms with Gasteiger partial charge in [0.05, 0.1) is 18.8 Å². The third-order valence-corrected chi connectivity index (χ3v) is 3.92. The summed E-state index contributed by atoms with van der Waals surface area (Å²) in [6.45, 7) is 6.13. The van der Waals surface area contributed by atoms with Crippen molar-refractivity contribution >= 4 is 0 Å². The quantitative estimate of drug-likeness (QED) is 0.709. The molecule has 4 nitrogen and oxygen atoms in total. The molecule has 2 atom stereocenters. The van der Waals surface area contributed by atoms with Crippen LogP contribution in [-0.2, 0) is 4.74 Å². The Kier molecular flexibility index (Phi) is 5.01. The summed E-state index contributed by atoms with van der Waals surface area (Å²) in [5.74, 6) is 0.660. The van der Waals surface area contributed by atoms with E-state index >= 15 is 0 Å². The van der Waals surface area contributed by atoms with Gasteiger partial charge in [-0.3, -0.25) is 0 Å². The second-order valence-electron chi connectivity index (χ2n) is 6.42. The highest BCUT2D eigenvalue weighted by Gasteiger charge is 2.33. The molecule has 1 aliphatic heterocycles. The second-order valence-corrected chi connectivity index (χ2v) is 6.42. The van der Waals surface area contributed by atoms with Crippen molar-refractivity contribution in [1.29, 1.82) is 0 Å². The predicted octanol–water partition coefficient (Wildman–Crippen LogP) is 0.848. The third kappa shape index (κ3) is 4.50. The minimum atomic E-state index is -0.161. The zero-order chi connectivity index (χ0) is 13.0. The van der Waals surface area contributed by atoms with E-state index in [4.69, 9.17) is 4.74 Å². The Morgan fingerprint density at radius 2 is 2.17 bits per heavy atom. The van der Waals surface area contributed by atoms with E-state index in [0.29, 0.717) is 12.0 Å². The fraction of sp³-hybridized carbons (Fsp3) is 1.00. The highest BCUT2D eigenvalue weighted by Crippen LogP contribution is 2.23. The van der Waals surface area contributed by atoms with Gasteiger partial charge in [0, 0.05) is 25.7 Å². The van der Waals surface area contributed by atoms with Crippen molar-refractivity contribution in [3.05, 3.63) is 0 Å². The molecule has 2 fully saturated rings. The van der Waals surface area contributed by atoms with Crippen LogP contribution in [0.5, 0.6) is 0 Å². The Morgan fingerprint density at radius 1 is 1.39 bits per heavy atom. The standard InChI is InChI=1S/C14H28N2O2/c1-14(11-17,15-13-5-6-13)10-16(2)8-12-4-3-7-18-9-12/h12-13,15,17H,3-11H2,1-2H3. The monoisotopic (exact) mass is 256 g/mol. The minimum Gasteiger partial charge on any atom is -0.394 e. The lowest BCUT2D eigenvalue weighted by atomic mass is 9.99. The van der Waals surface area contributed by atoms with Gasteiger partial charge in [0.2, 0.25) is 0 Å². The van der Waals surface area contributed by atoms with Crippen LogP contribution in [0.1, 0.15) is 32.6 Å². The Labute approximate surface area is 111 Å². The van der Waals surface area contributed by atoms with Crippen LogP contribution in [0.2, 0.25) is 0 Å². The van der Waals surface area contributed by atoms with Gasteiger partial charge in [0.25, 0.3) is 0 Å². The Bertz CT molecular complexity index is 252. The fourth-order valence-electron chi connectivity index (χ4n) is 2.91. The summed E-state index contributed by atoms with van der Waals surface area (Å²) in [5.41, 5.74) is -0.161. The molecule has 1 saturated carbocycles. The smallest absolute Gasteiger partial charge is 0.0623 e. The normalized spacial score (nSPS) is 28.3. The lowest BCUT2D eigenvalue weighted by molar-refractivity contribution is 0.0354. The molecule has 0 spiro atoms. The van der Waals surface area contributed by atoms with E-state index in [9.17, 15) is 5.11 Å². The van der Waals surface area contributed by atoms with Crippen LogP contribution in [0, 0.1) is 5.92 Å². The van der Waals surface area contributed by atoms with Crippen LogP contribution in [0.3, 0.4) is 0 Å². The zero-order valence-electron chi connectivity index (χ0n) is 11.8. The summed E-state index contributed by atoms with van der Waals surface area (Å²) in [5, 5.41) is 13.2. The largest absolute Gasteiger partial charge is 0.394 e. The van der Waals surface area contributed by atoms with Crippen LogP contribution in [0.25, 0.3) is 0 Å². The second kappa shape index (κ2) is 6.33. The first-order valence-corrected chi connectivity index (χ1v) is 7.26. The van der Waals surface area contributed by atoms with Crippen molar-refractivity contribution in [2.45, 2.75) is 44.2 Å². The molecule has 2 N–H and O–H groups in total. The first-order chi connectivity index (χ1) is 8.61. The van der Waals surface area contributed by atoms with Gasteiger partial charge >= 0.3 is 0 Å². The SMILES string of the molecule is CN(CC1CCCOC1)CC(C)(CO)NC1CC1. The molecule has 2 unspecified atom stereocenters. The highest BCUT2D eigenvalue weighted by molar-refractivity contribution is 4.94. The first kappa shape index (κ1) is 14.3. The zero-order valence-corrected chi connectivity index (χ0v) is 11.8. The van der Waals surface area contributed by atoms with Crippen LogP contribution in [-0.4, -0.2) is 61.5 Å².